The van der Waals surface area contributed by atoms with Gasteiger partial charge in [-0.1, -0.05) is 11.6 Å². The molecule has 4 rings (SSSR count). The molecule has 2 heterocycles. The zero-order valence-corrected chi connectivity index (χ0v) is 15.3. The Morgan fingerprint density at radius 3 is 2.83 bits per heavy atom. The van der Waals surface area contributed by atoms with Crippen LogP contribution in [0.5, 0.6) is 0 Å². The van der Waals surface area contributed by atoms with E-state index in [4.69, 9.17) is 16.3 Å². The fourth-order valence-electron chi connectivity index (χ4n) is 4.10. The summed E-state index contributed by atoms with van der Waals surface area (Å²) in [5, 5.41) is 0.822. The van der Waals surface area contributed by atoms with Gasteiger partial charge in [0.1, 0.15) is 5.60 Å². The van der Waals surface area contributed by atoms with E-state index in [0.717, 1.165) is 37.0 Å². The first kappa shape index (κ1) is 16.1. The molecule has 0 spiro atoms. The number of likely N-dealkylation sites (tertiary alicyclic amines) is 1. The van der Waals surface area contributed by atoms with Crippen molar-refractivity contribution in [2.24, 2.45) is 5.92 Å². The van der Waals surface area contributed by atoms with Crippen LogP contribution in [0.25, 0.3) is 0 Å². The van der Waals surface area contributed by atoms with Gasteiger partial charge in [-0.25, -0.2) is 4.79 Å². The first-order chi connectivity index (χ1) is 11.3. The summed E-state index contributed by atoms with van der Waals surface area (Å²) in [6, 6.07) is 6.65. The molecule has 1 aromatic rings. The van der Waals surface area contributed by atoms with Crippen LogP contribution in [0, 0.1) is 5.92 Å². The topological polar surface area (TPSA) is 32.8 Å². The minimum Gasteiger partial charge on any atom is -0.444 e. The maximum atomic E-state index is 12.3. The van der Waals surface area contributed by atoms with Crippen molar-refractivity contribution in [3.63, 3.8) is 0 Å². The van der Waals surface area contributed by atoms with E-state index in [1.807, 2.05) is 31.7 Å². The average molecular weight is 349 g/mol. The lowest BCUT2D eigenvalue weighted by atomic mass is 9.99. The van der Waals surface area contributed by atoms with Gasteiger partial charge < -0.3 is 14.5 Å². The smallest absolute Gasteiger partial charge is 0.410 e. The van der Waals surface area contributed by atoms with E-state index in [9.17, 15) is 4.79 Å². The van der Waals surface area contributed by atoms with Crippen molar-refractivity contribution in [2.75, 3.05) is 24.5 Å². The lowest BCUT2D eigenvalue weighted by molar-refractivity contribution is 0.0292. The van der Waals surface area contributed by atoms with Gasteiger partial charge in [0.2, 0.25) is 0 Å². The summed E-state index contributed by atoms with van der Waals surface area (Å²) in [5.74, 6) is 1.45. The van der Waals surface area contributed by atoms with Crippen molar-refractivity contribution >= 4 is 23.4 Å². The number of carbonyl (C=O) groups excluding carboxylic acids is 1. The van der Waals surface area contributed by atoms with Crippen LogP contribution < -0.4 is 4.90 Å². The van der Waals surface area contributed by atoms with E-state index in [-0.39, 0.29) is 6.09 Å². The van der Waals surface area contributed by atoms with E-state index in [2.05, 4.69) is 17.0 Å². The van der Waals surface area contributed by atoms with Gasteiger partial charge in [-0.05, 0) is 69.2 Å². The van der Waals surface area contributed by atoms with Crippen LogP contribution in [0.4, 0.5) is 10.5 Å². The Labute approximate surface area is 148 Å². The monoisotopic (exact) mass is 348 g/mol. The zero-order chi connectivity index (χ0) is 17.1. The van der Waals surface area contributed by atoms with Crippen molar-refractivity contribution < 1.29 is 9.53 Å². The number of rotatable bonds is 1. The lowest BCUT2D eigenvalue weighted by Gasteiger charge is -2.36. The summed E-state index contributed by atoms with van der Waals surface area (Å²) in [6.07, 6.45) is 2.08. The van der Waals surface area contributed by atoms with Crippen LogP contribution in [-0.2, 0) is 4.74 Å². The molecule has 3 aliphatic rings. The highest BCUT2D eigenvalue weighted by atomic mass is 35.5. The normalized spacial score (nSPS) is 28.4. The minimum absolute atomic E-state index is 0.192. The quantitative estimate of drug-likeness (QED) is 0.759. The third-order valence-electron chi connectivity index (χ3n) is 5.31. The maximum Gasteiger partial charge on any atom is 0.410 e. The molecule has 4 nitrogen and oxygen atoms in total. The Kier molecular flexibility index (Phi) is 3.72. The standard InChI is InChI=1S/C19H25ClN2O2/c1-19(2,3)24-18(23)21-7-6-14(11-21)22-10-12-8-15(12)16-9-13(20)4-5-17(16)22/h4-5,9,12,14-15H,6-8,10-11H2,1-3H3. The van der Waals surface area contributed by atoms with Crippen LogP contribution in [0.3, 0.4) is 0 Å². The number of carbonyl (C=O) groups is 1. The molecule has 5 heteroatoms. The van der Waals surface area contributed by atoms with Gasteiger partial charge >= 0.3 is 6.09 Å². The summed E-state index contributed by atoms with van der Waals surface area (Å²) in [4.78, 5) is 16.7. The molecule has 0 aromatic heterocycles. The molecule has 130 valence electrons. The van der Waals surface area contributed by atoms with E-state index in [1.54, 1.807) is 0 Å². The van der Waals surface area contributed by atoms with Crippen molar-refractivity contribution in [3.05, 3.63) is 28.8 Å². The molecule has 2 fully saturated rings. The number of nitrogens with zero attached hydrogens (tertiary/aromatic N) is 2. The molecule has 3 unspecified atom stereocenters. The fourth-order valence-corrected chi connectivity index (χ4v) is 4.28. The number of ether oxygens (including phenoxy) is 1. The molecular formula is C19H25ClN2O2. The second-order valence-electron chi connectivity index (χ2n) is 8.33. The first-order valence-corrected chi connectivity index (χ1v) is 9.23. The van der Waals surface area contributed by atoms with Gasteiger partial charge in [-0.15, -0.1) is 0 Å². The summed E-state index contributed by atoms with van der Waals surface area (Å²) in [7, 11) is 0. The Morgan fingerprint density at radius 1 is 1.29 bits per heavy atom. The molecule has 24 heavy (non-hydrogen) atoms. The Morgan fingerprint density at radius 2 is 2.08 bits per heavy atom. The SMILES string of the molecule is CC(C)(C)OC(=O)N1CCC(N2CC3CC3c3cc(Cl)ccc32)C1. The minimum atomic E-state index is -0.440. The Bertz CT molecular complexity index is 670. The molecule has 0 radical (unpaired) electrons. The number of benzene rings is 1. The Hall–Kier alpha value is -1.42. The van der Waals surface area contributed by atoms with E-state index < -0.39 is 5.60 Å². The van der Waals surface area contributed by atoms with Crippen LogP contribution >= 0.6 is 11.6 Å². The molecule has 1 amide bonds. The molecule has 3 atom stereocenters. The van der Waals surface area contributed by atoms with Crippen LogP contribution in [0.1, 0.15) is 45.1 Å². The van der Waals surface area contributed by atoms with Crippen molar-refractivity contribution in [3.8, 4) is 0 Å². The highest BCUT2D eigenvalue weighted by Gasteiger charge is 2.47. The Balaban J connectivity index is 1.50. The van der Waals surface area contributed by atoms with Crippen LogP contribution in [0.15, 0.2) is 18.2 Å². The van der Waals surface area contributed by atoms with E-state index in [0.29, 0.717) is 12.0 Å². The largest absolute Gasteiger partial charge is 0.444 e. The van der Waals surface area contributed by atoms with Gasteiger partial charge in [0, 0.05) is 36.4 Å². The van der Waals surface area contributed by atoms with Crippen molar-refractivity contribution in [1.29, 1.82) is 0 Å². The third kappa shape index (κ3) is 2.97. The molecule has 1 aliphatic carbocycles. The molecule has 0 N–H and O–H groups in total. The molecule has 1 aromatic carbocycles. The molecular weight excluding hydrogens is 324 g/mol. The predicted octanol–water partition coefficient (Wildman–Crippen LogP) is 4.27. The second-order valence-corrected chi connectivity index (χ2v) is 8.76. The van der Waals surface area contributed by atoms with E-state index >= 15 is 0 Å². The van der Waals surface area contributed by atoms with Gasteiger partial charge in [-0.3, -0.25) is 0 Å². The second kappa shape index (κ2) is 5.55. The lowest BCUT2D eigenvalue weighted by Crippen LogP contribution is -2.42. The van der Waals surface area contributed by atoms with Crippen molar-refractivity contribution in [1.82, 2.24) is 4.90 Å². The van der Waals surface area contributed by atoms with Gasteiger partial charge in [0.25, 0.3) is 0 Å². The van der Waals surface area contributed by atoms with Gasteiger partial charge in [-0.2, -0.15) is 0 Å². The van der Waals surface area contributed by atoms with E-state index in [1.165, 1.54) is 17.7 Å². The first-order valence-electron chi connectivity index (χ1n) is 8.86. The number of hydrogen-bond acceptors (Lipinski definition) is 3. The summed E-state index contributed by atoms with van der Waals surface area (Å²) in [5.41, 5.74) is 2.27. The predicted molar refractivity (Wildman–Crippen MR) is 95.9 cm³/mol. The summed E-state index contributed by atoms with van der Waals surface area (Å²) < 4.78 is 5.52. The highest BCUT2D eigenvalue weighted by Crippen LogP contribution is 2.55. The number of halogens is 1. The zero-order valence-electron chi connectivity index (χ0n) is 14.6. The summed E-state index contributed by atoms with van der Waals surface area (Å²) >= 11 is 6.21. The van der Waals surface area contributed by atoms with Crippen LogP contribution in [-0.4, -0.2) is 42.3 Å². The summed E-state index contributed by atoms with van der Waals surface area (Å²) in [6.45, 7) is 8.36. The fraction of sp³-hybridized carbons (Fsp3) is 0.632. The molecule has 0 bridgehead atoms. The van der Waals surface area contributed by atoms with Crippen molar-refractivity contribution in [2.45, 2.75) is 51.2 Å². The molecule has 1 saturated carbocycles. The van der Waals surface area contributed by atoms with Gasteiger partial charge in [0.15, 0.2) is 0 Å². The number of hydrogen-bond donors (Lipinski definition) is 0. The maximum absolute atomic E-state index is 12.3. The number of amides is 1. The number of fused-ring (bicyclic) bond motifs is 3. The van der Waals surface area contributed by atoms with Gasteiger partial charge in [0.05, 0.1) is 0 Å². The third-order valence-corrected chi connectivity index (χ3v) is 5.54. The average Bonchev–Trinajstić information content (AvgIpc) is 3.11. The highest BCUT2D eigenvalue weighted by molar-refractivity contribution is 6.30. The molecule has 2 aliphatic heterocycles. The molecule has 1 saturated heterocycles. The van der Waals surface area contributed by atoms with Crippen LogP contribution in [0.2, 0.25) is 5.02 Å². The number of anilines is 1.